The molecular formula is C18H24N2O3. The van der Waals surface area contributed by atoms with Crippen LogP contribution in [0.1, 0.15) is 47.2 Å². The van der Waals surface area contributed by atoms with Crippen LogP contribution in [0.3, 0.4) is 0 Å². The lowest BCUT2D eigenvalue weighted by Crippen LogP contribution is -2.52. The van der Waals surface area contributed by atoms with Crippen molar-refractivity contribution in [2.45, 2.75) is 44.1 Å². The van der Waals surface area contributed by atoms with E-state index in [1.54, 1.807) is 11.9 Å². The van der Waals surface area contributed by atoms with E-state index in [0.717, 1.165) is 19.3 Å². The number of likely N-dealkylation sites (tertiary alicyclic amines) is 1. The van der Waals surface area contributed by atoms with E-state index in [0.29, 0.717) is 24.9 Å². The van der Waals surface area contributed by atoms with Crippen LogP contribution in [0.15, 0.2) is 18.2 Å². The summed E-state index contributed by atoms with van der Waals surface area (Å²) in [7, 11) is 1.56. The minimum Gasteiger partial charge on any atom is -0.388 e. The van der Waals surface area contributed by atoms with Crippen molar-refractivity contribution in [1.29, 1.82) is 0 Å². The molecule has 1 aliphatic carbocycles. The highest BCUT2D eigenvalue weighted by atomic mass is 16.3. The van der Waals surface area contributed by atoms with Gasteiger partial charge in [0.2, 0.25) is 5.91 Å². The molecule has 23 heavy (non-hydrogen) atoms. The highest BCUT2D eigenvalue weighted by Crippen LogP contribution is 2.27. The Morgan fingerprint density at radius 1 is 1.26 bits per heavy atom. The highest BCUT2D eigenvalue weighted by molar-refractivity contribution is 5.94. The molecule has 1 unspecified atom stereocenters. The fourth-order valence-corrected chi connectivity index (χ4v) is 3.70. The van der Waals surface area contributed by atoms with Gasteiger partial charge in [-0.3, -0.25) is 9.59 Å². The van der Waals surface area contributed by atoms with E-state index in [9.17, 15) is 14.7 Å². The molecule has 5 heteroatoms. The molecule has 0 bridgehead atoms. The van der Waals surface area contributed by atoms with Crippen LogP contribution in [0.2, 0.25) is 0 Å². The average molecular weight is 316 g/mol. The molecule has 1 fully saturated rings. The third-order valence-electron chi connectivity index (χ3n) is 4.96. The number of nitrogens with zero attached hydrogens (tertiary/aromatic N) is 1. The first-order valence-corrected chi connectivity index (χ1v) is 8.35. The molecule has 1 aliphatic heterocycles. The number of amides is 2. The van der Waals surface area contributed by atoms with E-state index in [-0.39, 0.29) is 24.8 Å². The number of benzene rings is 1. The van der Waals surface area contributed by atoms with E-state index >= 15 is 0 Å². The number of hydrogen-bond donors (Lipinski definition) is 2. The topological polar surface area (TPSA) is 69.6 Å². The van der Waals surface area contributed by atoms with E-state index in [1.165, 1.54) is 11.1 Å². The van der Waals surface area contributed by atoms with Crippen LogP contribution in [-0.2, 0) is 17.6 Å². The molecule has 5 nitrogen and oxygen atoms in total. The van der Waals surface area contributed by atoms with Crippen molar-refractivity contribution in [1.82, 2.24) is 10.2 Å². The van der Waals surface area contributed by atoms with E-state index in [2.05, 4.69) is 11.4 Å². The molecule has 0 saturated carbocycles. The SMILES string of the molecule is CNC(=O)CC1(O)CCCN(C(=O)c2ccc3c(c2)CCC3)C1. The standard InChI is InChI=1S/C18H24N2O3/c1-19-16(21)11-18(23)8-3-9-20(12-18)17(22)15-7-6-13-4-2-5-14(13)10-15/h6-7,10,23H,2-5,8-9,11-12H2,1H3,(H,19,21). The quantitative estimate of drug-likeness (QED) is 0.882. The minimum atomic E-state index is -1.12. The van der Waals surface area contributed by atoms with Gasteiger partial charge >= 0.3 is 0 Å². The number of hydrogen-bond acceptors (Lipinski definition) is 3. The van der Waals surface area contributed by atoms with Gasteiger partial charge in [0, 0.05) is 19.2 Å². The number of aryl methyl sites for hydroxylation is 2. The molecule has 2 amide bonds. The van der Waals surface area contributed by atoms with Gasteiger partial charge in [-0.15, -0.1) is 0 Å². The lowest BCUT2D eigenvalue weighted by molar-refractivity contribution is -0.127. The maximum Gasteiger partial charge on any atom is 0.253 e. The molecule has 0 spiro atoms. The number of aliphatic hydroxyl groups is 1. The van der Waals surface area contributed by atoms with Crippen molar-refractivity contribution in [3.63, 3.8) is 0 Å². The van der Waals surface area contributed by atoms with E-state index < -0.39 is 5.60 Å². The predicted molar refractivity (Wildman–Crippen MR) is 87.2 cm³/mol. The summed E-state index contributed by atoms with van der Waals surface area (Å²) in [5, 5.41) is 13.2. The summed E-state index contributed by atoms with van der Waals surface area (Å²) in [4.78, 5) is 26.0. The van der Waals surface area contributed by atoms with E-state index in [4.69, 9.17) is 0 Å². The summed E-state index contributed by atoms with van der Waals surface area (Å²) in [5.74, 6) is -0.242. The largest absolute Gasteiger partial charge is 0.388 e. The zero-order valence-corrected chi connectivity index (χ0v) is 13.6. The predicted octanol–water partition coefficient (Wildman–Crippen LogP) is 1.28. The summed E-state index contributed by atoms with van der Waals surface area (Å²) in [6.45, 7) is 0.850. The minimum absolute atomic E-state index is 0.0392. The number of fused-ring (bicyclic) bond motifs is 1. The maximum absolute atomic E-state index is 12.8. The Morgan fingerprint density at radius 3 is 2.83 bits per heavy atom. The zero-order chi connectivity index (χ0) is 16.4. The van der Waals surface area contributed by atoms with Crippen molar-refractivity contribution in [3.05, 3.63) is 34.9 Å². The van der Waals surface area contributed by atoms with E-state index in [1.807, 2.05) is 12.1 Å². The molecule has 1 saturated heterocycles. The maximum atomic E-state index is 12.8. The van der Waals surface area contributed by atoms with Gasteiger partial charge in [-0.05, 0) is 55.4 Å². The fraction of sp³-hybridized carbons (Fsp3) is 0.556. The van der Waals surface area contributed by atoms with Gasteiger partial charge in [0.05, 0.1) is 18.6 Å². The molecule has 1 heterocycles. The number of rotatable bonds is 3. The molecule has 1 atom stereocenters. The van der Waals surface area contributed by atoms with Crippen LogP contribution < -0.4 is 5.32 Å². The van der Waals surface area contributed by atoms with Gasteiger partial charge in [0.25, 0.3) is 5.91 Å². The van der Waals surface area contributed by atoms with Crippen molar-refractivity contribution in [3.8, 4) is 0 Å². The normalized spacial score (nSPS) is 23.5. The van der Waals surface area contributed by atoms with Gasteiger partial charge in [0.15, 0.2) is 0 Å². The lowest BCUT2D eigenvalue weighted by Gasteiger charge is -2.39. The smallest absolute Gasteiger partial charge is 0.253 e. The Kier molecular flexibility index (Phi) is 4.39. The summed E-state index contributed by atoms with van der Waals surface area (Å²) in [6.07, 6.45) is 4.59. The van der Waals surface area contributed by atoms with Gasteiger partial charge in [0.1, 0.15) is 0 Å². The fourth-order valence-electron chi connectivity index (χ4n) is 3.70. The van der Waals surface area contributed by atoms with Gasteiger partial charge in [-0.2, -0.15) is 0 Å². The Balaban J connectivity index is 1.73. The van der Waals surface area contributed by atoms with Crippen molar-refractivity contribution >= 4 is 11.8 Å². The highest BCUT2D eigenvalue weighted by Gasteiger charge is 2.37. The number of piperidine rings is 1. The Labute approximate surface area is 136 Å². The second-order valence-corrected chi connectivity index (χ2v) is 6.74. The van der Waals surface area contributed by atoms with Crippen LogP contribution in [0.25, 0.3) is 0 Å². The second kappa shape index (κ2) is 6.32. The summed E-state index contributed by atoms with van der Waals surface area (Å²) in [5.41, 5.74) is 2.18. The monoisotopic (exact) mass is 316 g/mol. The van der Waals surface area contributed by atoms with Crippen LogP contribution >= 0.6 is 0 Å². The lowest BCUT2D eigenvalue weighted by atomic mass is 9.89. The third-order valence-corrected chi connectivity index (χ3v) is 4.96. The van der Waals surface area contributed by atoms with Gasteiger partial charge in [-0.1, -0.05) is 6.07 Å². The van der Waals surface area contributed by atoms with Crippen molar-refractivity contribution in [2.75, 3.05) is 20.1 Å². The van der Waals surface area contributed by atoms with Crippen molar-refractivity contribution in [2.24, 2.45) is 0 Å². The zero-order valence-electron chi connectivity index (χ0n) is 13.6. The van der Waals surface area contributed by atoms with Crippen molar-refractivity contribution < 1.29 is 14.7 Å². The molecule has 0 radical (unpaired) electrons. The molecule has 1 aromatic rings. The third kappa shape index (κ3) is 3.39. The molecule has 2 N–H and O–H groups in total. The van der Waals surface area contributed by atoms with Crippen LogP contribution in [0.4, 0.5) is 0 Å². The molecule has 0 aromatic heterocycles. The van der Waals surface area contributed by atoms with Crippen LogP contribution in [0, 0.1) is 0 Å². The molecule has 1 aromatic carbocycles. The number of β-amino-alcohol motifs (C(OH)–C–C–N with tert-alkyl or cyclic N) is 1. The Morgan fingerprint density at radius 2 is 2.04 bits per heavy atom. The molecule has 2 aliphatic rings. The average Bonchev–Trinajstić information content (AvgIpc) is 3.01. The summed E-state index contributed by atoms with van der Waals surface area (Å²) >= 11 is 0. The van der Waals surface area contributed by atoms with Crippen LogP contribution in [-0.4, -0.2) is 47.6 Å². The molecule has 124 valence electrons. The second-order valence-electron chi connectivity index (χ2n) is 6.74. The Hall–Kier alpha value is -1.88. The Bertz CT molecular complexity index is 629. The van der Waals surface area contributed by atoms with Crippen LogP contribution in [0.5, 0.6) is 0 Å². The number of nitrogens with one attached hydrogen (secondary N) is 1. The number of carbonyl (C=O) groups excluding carboxylic acids is 2. The first kappa shape index (κ1) is 16.0. The molecule has 3 rings (SSSR count). The van der Waals surface area contributed by atoms with Gasteiger partial charge < -0.3 is 15.3 Å². The first-order valence-electron chi connectivity index (χ1n) is 8.35. The number of carbonyl (C=O) groups is 2. The summed E-state index contributed by atoms with van der Waals surface area (Å²) in [6, 6.07) is 5.94. The summed E-state index contributed by atoms with van der Waals surface area (Å²) < 4.78 is 0. The molecular weight excluding hydrogens is 292 g/mol. The first-order chi connectivity index (χ1) is 11.0. The van der Waals surface area contributed by atoms with Gasteiger partial charge in [-0.25, -0.2) is 0 Å².